The van der Waals surface area contributed by atoms with Crippen LogP contribution in [0.4, 0.5) is 0 Å². The van der Waals surface area contributed by atoms with Crippen molar-refractivity contribution in [1.82, 2.24) is 5.32 Å². The van der Waals surface area contributed by atoms with Gasteiger partial charge in [-0.15, -0.1) is 0 Å². The molecule has 0 saturated carbocycles. The van der Waals surface area contributed by atoms with Gasteiger partial charge in [-0.1, -0.05) is 15.9 Å². The number of hydrogen-bond acceptors (Lipinski definition) is 3. The van der Waals surface area contributed by atoms with Crippen molar-refractivity contribution in [2.24, 2.45) is 5.73 Å². The van der Waals surface area contributed by atoms with Gasteiger partial charge in [0.2, 0.25) is 0 Å². The molecule has 0 aliphatic rings. The summed E-state index contributed by atoms with van der Waals surface area (Å²) in [6.07, 6.45) is 0. The summed E-state index contributed by atoms with van der Waals surface area (Å²) >= 11 is 3.20. The van der Waals surface area contributed by atoms with E-state index in [2.05, 4.69) is 21.2 Å². The SMILES string of the molecule is CC(C)(N)CNC(=O)c1ccc(Br)cc1O. The molecule has 16 heavy (non-hydrogen) atoms. The summed E-state index contributed by atoms with van der Waals surface area (Å²) in [5.41, 5.74) is 5.51. The van der Waals surface area contributed by atoms with E-state index in [1.807, 2.05) is 13.8 Å². The minimum absolute atomic E-state index is 0.0540. The highest BCUT2D eigenvalue weighted by Crippen LogP contribution is 2.22. The Morgan fingerprint density at radius 3 is 2.69 bits per heavy atom. The van der Waals surface area contributed by atoms with Gasteiger partial charge in [0.25, 0.3) is 5.91 Å². The number of carbonyl (C=O) groups is 1. The van der Waals surface area contributed by atoms with Gasteiger partial charge in [-0.05, 0) is 32.0 Å². The minimum atomic E-state index is -0.472. The van der Waals surface area contributed by atoms with Crippen molar-refractivity contribution in [3.63, 3.8) is 0 Å². The molecular weight excluding hydrogens is 272 g/mol. The van der Waals surface area contributed by atoms with Gasteiger partial charge in [0.1, 0.15) is 5.75 Å². The zero-order chi connectivity index (χ0) is 12.3. The summed E-state index contributed by atoms with van der Waals surface area (Å²) in [5.74, 6) is -0.384. The third kappa shape index (κ3) is 3.83. The molecule has 0 aliphatic carbocycles. The Bertz CT molecular complexity index is 399. The van der Waals surface area contributed by atoms with Gasteiger partial charge in [0.05, 0.1) is 5.56 Å². The van der Waals surface area contributed by atoms with Crippen molar-refractivity contribution in [1.29, 1.82) is 0 Å². The van der Waals surface area contributed by atoms with Crippen LogP contribution in [0, 0.1) is 0 Å². The summed E-state index contributed by atoms with van der Waals surface area (Å²) in [6, 6.07) is 4.73. The van der Waals surface area contributed by atoms with E-state index in [1.54, 1.807) is 12.1 Å². The molecule has 4 nitrogen and oxygen atoms in total. The maximum Gasteiger partial charge on any atom is 0.255 e. The number of nitrogens with one attached hydrogen (secondary N) is 1. The number of aromatic hydroxyl groups is 1. The smallest absolute Gasteiger partial charge is 0.255 e. The van der Waals surface area contributed by atoms with Gasteiger partial charge in [0.15, 0.2) is 0 Å². The molecule has 0 radical (unpaired) electrons. The predicted octanol–water partition coefficient (Wildman–Crippen LogP) is 1.62. The first-order valence-corrected chi connectivity index (χ1v) is 5.64. The molecule has 88 valence electrons. The lowest BCUT2D eigenvalue weighted by Gasteiger charge is -2.19. The van der Waals surface area contributed by atoms with Crippen LogP contribution in [-0.2, 0) is 0 Å². The summed E-state index contributed by atoms with van der Waals surface area (Å²) < 4.78 is 0.723. The van der Waals surface area contributed by atoms with Crippen LogP contribution in [0.3, 0.4) is 0 Å². The first-order chi connectivity index (χ1) is 7.29. The number of phenols is 1. The predicted molar refractivity (Wildman–Crippen MR) is 66.4 cm³/mol. The van der Waals surface area contributed by atoms with Crippen LogP contribution in [0.15, 0.2) is 22.7 Å². The average molecular weight is 287 g/mol. The molecule has 1 aromatic rings. The molecule has 0 bridgehead atoms. The summed E-state index contributed by atoms with van der Waals surface area (Å²) in [7, 11) is 0. The maximum absolute atomic E-state index is 11.7. The number of hydrogen-bond donors (Lipinski definition) is 3. The lowest BCUT2D eigenvalue weighted by molar-refractivity contribution is 0.0943. The van der Waals surface area contributed by atoms with E-state index in [-0.39, 0.29) is 17.2 Å². The second-order valence-corrected chi connectivity index (χ2v) is 5.25. The lowest BCUT2D eigenvalue weighted by atomic mass is 10.1. The van der Waals surface area contributed by atoms with Gasteiger partial charge in [0, 0.05) is 16.6 Å². The van der Waals surface area contributed by atoms with Crippen molar-refractivity contribution < 1.29 is 9.90 Å². The Labute approximate surface area is 103 Å². The molecule has 1 amide bonds. The molecule has 1 aromatic carbocycles. The molecule has 0 heterocycles. The number of benzene rings is 1. The fourth-order valence-corrected chi connectivity index (χ4v) is 1.45. The standard InChI is InChI=1S/C11H15BrN2O2/c1-11(2,13)6-14-10(16)8-4-3-7(12)5-9(8)15/h3-5,15H,6,13H2,1-2H3,(H,14,16). The first kappa shape index (κ1) is 13.0. The quantitative estimate of drug-likeness (QED) is 0.790. The van der Waals surface area contributed by atoms with E-state index < -0.39 is 5.54 Å². The summed E-state index contributed by atoms with van der Waals surface area (Å²) in [4.78, 5) is 11.7. The molecule has 0 atom stereocenters. The van der Waals surface area contributed by atoms with Gasteiger partial charge in [-0.2, -0.15) is 0 Å². The van der Waals surface area contributed by atoms with Crippen LogP contribution in [0.25, 0.3) is 0 Å². The molecular formula is C11H15BrN2O2. The molecule has 0 aliphatic heterocycles. The number of phenolic OH excluding ortho intramolecular Hbond substituents is 1. The van der Waals surface area contributed by atoms with Crippen molar-refractivity contribution in [3.8, 4) is 5.75 Å². The Kier molecular flexibility index (Phi) is 3.93. The Balaban J connectivity index is 2.74. The average Bonchev–Trinajstić information content (AvgIpc) is 2.13. The van der Waals surface area contributed by atoms with Gasteiger partial charge in [-0.25, -0.2) is 0 Å². The van der Waals surface area contributed by atoms with Crippen molar-refractivity contribution in [3.05, 3.63) is 28.2 Å². The highest BCUT2D eigenvalue weighted by molar-refractivity contribution is 9.10. The minimum Gasteiger partial charge on any atom is -0.507 e. The molecule has 0 saturated heterocycles. The molecule has 0 spiro atoms. The largest absolute Gasteiger partial charge is 0.507 e. The number of amides is 1. The highest BCUT2D eigenvalue weighted by atomic mass is 79.9. The number of halogens is 1. The molecule has 0 aromatic heterocycles. The second-order valence-electron chi connectivity index (χ2n) is 4.33. The maximum atomic E-state index is 11.7. The van der Waals surface area contributed by atoms with Crippen LogP contribution in [0.1, 0.15) is 24.2 Å². The lowest BCUT2D eigenvalue weighted by Crippen LogP contribution is -2.45. The van der Waals surface area contributed by atoms with E-state index in [4.69, 9.17) is 5.73 Å². The molecule has 5 heteroatoms. The van der Waals surface area contributed by atoms with E-state index in [0.717, 1.165) is 4.47 Å². The normalized spacial score (nSPS) is 11.2. The van der Waals surface area contributed by atoms with Crippen LogP contribution in [0.2, 0.25) is 0 Å². The van der Waals surface area contributed by atoms with Crippen LogP contribution in [-0.4, -0.2) is 23.1 Å². The zero-order valence-corrected chi connectivity index (χ0v) is 10.8. The topological polar surface area (TPSA) is 75.3 Å². The summed E-state index contributed by atoms with van der Waals surface area (Å²) in [6.45, 7) is 3.98. The highest BCUT2D eigenvalue weighted by Gasteiger charge is 2.15. The van der Waals surface area contributed by atoms with Gasteiger partial charge >= 0.3 is 0 Å². The van der Waals surface area contributed by atoms with E-state index in [0.29, 0.717) is 6.54 Å². The molecule has 0 fully saturated rings. The van der Waals surface area contributed by atoms with E-state index in [1.165, 1.54) is 6.07 Å². The van der Waals surface area contributed by atoms with Crippen molar-refractivity contribution >= 4 is 21.8 Å². The fourth-order valence-electron chi connectivity index (χ4n) is 1.10. The molecule has 4 N–H and O–H groups in total. The fraction of sp³-hybridized carbons (Fsp3) is 0.364. The van der Waals surface area contributed by atoms with Crippen LogP contribution >= 0.6 is 15.9 Å². The van der Waals surface area contributed by atoms with Crippen molar-refractivity contribution in [2.45, 2.75) is 19.4 Å². The molecule has 0 unspecified atom stereocenters. The third-order valence-electron chi connectivity index (χ3n) is 1.91. The Morgan fingerprint density at radius 2 is 2.19 bits per heavy atom. The Morgan fingerprint density at radius 1 is 1.56 bits per heavy atom. The zero-order valence-electron chi connectivity index (χ0n) is 9.25. The van der Waals surface area contributed by atoms with E-state index >= 15 is 0 Å². The first-order valence-electron chi connectivity index (χ1n) is 4.85. The Hall–Kier alpha value is -1.07. The third-order valence-corrected chi connectivity index (χ3v) is 2.40. The van der Waals surface area contributed by atoms with Crippen LogP contribution in [0.5, 0.6) is 5.75 Å². The van der Waals surface area contributed by atoms with E-state index in [9.17, 15) is 9.90 Å². The van der Waals surface area contributed by atoms with Gasteiger partial charge in [-0.3, -0.25) is 4.79 Å². The second kappa shape index (κ2) is 4.84. The van der Waals surface area contributed by atoms with Crippen molar-refractivity contribution in [2.75, 3.05) is 6.54 Å². The monoisotopic (exact) mass is 286 g/mol. The number of carbonyl (C=O) groups excluding carboxylic acids is 1. The molecule has 1 rings (SSSR count). The number of nitrogens with two attached hydrogens (primary N) is 1. The summed E-state index contributed by atoms with van der Waals surface area (Å²) in [5, 5.41) is 12.2. The van der Waals surface area contributed by atoms with Crippen LogP contribution < -0.4 is 11.1 Å². The van der Waals surface area contributed by atoms with Gasteiger partial charge < -0.3 is 16.2 Å². The number of rotatable bonds is 3.